The molecule has 1 aliphatic heterocycles. The molecule has 0 amide bonds. The molecule has 1 N–H and O–H groups in total. The van der Waals surface area contributed by atoms with Crippen molar-refractivity contribution in [3.05, 3.63) is 35.0 Å². The van der Waals surface area contributed by atoms with Gasteiger partial charge in [-0.25, -0.2) is 0 Å². The highest BCUT2D eigenvalue weighted by Crippen LogP contribution is 2.38. The van der Waals surface area contributed by atoms with Crippen LogP contribution in [0.25, 0.3) is 10.9 Å². The van der Waals surface area contributed by atoms with E-state index < -0.39 is 18.0 Å². The number of nitrogens with one attached hydrogen (secondary N) is 1. The Morgan fingerprint density at radius 3 is 2.95 bits per heavy atom. The molecular weight excluding hydrogens is 266 g/mol. The van der Waals surface area contributed by atoms with Crippen molar-refractivity contribution in [1.29, 1.82) is 0 Å². The number of ether oxygens (including phenoxy) is 1. The predicted molar refractivity (Wildman–Crippen MR) is 78.9 cm³/mol. The first-order chi connectivity index (χ1) is 10.2. The van der Waals surface area contributed by atoms with Crippen molar-refractivity contribution in [2.24, 2.45) is 5.92 Å². The van der Waals surface area contributed by atoms with Crippen LogP contribution in [0.5, 0.6) is 0 Å². The first-order valence-corrected chi connectivity index (χ1v) is 7.62. The van der Waals surface area contributed by atoms with E-state index in [1.165, 1.54) is 16.5 Å². The average Bonchev–Trinajstić information content (AvgIpc) is 2.87. The topological polar surface area (TPSA) is 65.2 Å². The van der Waals surface area contributed by atoms with E-state index in [0.29, 0.717) is 13.0 Å². The summed E-state index contributed by atoms with van der Waals surface area (Å²) in [7, 11) is 0. The molecule has 2 unspecified atom stereocenters. The second kappa shape index (κ2) is 5.53. The Hall–Kier alpha value is -1.81. The molecule has 21 heavy (non-hydrogen) atoms. The molecular formula is C17H20NO3-. The molecule has 1 aromatic heterocycles. The number of carboxylic acid groups (broad SMARTS) is 1. The second-order valence-corrected chi connectivity index (χ2v) is 5.59. The first-order valence-electron chi connectivity index (χ1n) is 7.62. The second-order valence-electron chi connectivity index (χ2n) is 5.59. The van der Waals surface area contributed by atoms with Gasteiger partial charge in [0.05, 0.1) is 6.61 Å². The molecule has 0 saturated carbocycles. The summed E-state index contributed by atoms with van der Waals surface area (Å²) in [5.41, 5.74) is 4.50. The minimum absolute atomic E-state index is 0.430. The Labute approximate surface area is 124 Å². The number of aryl methyl sites for hydroxylation is 1. The van der Waals surface area contributed by atoms with Crippen LogP contribution < -0.4 is 5.11 Å². The summed E-state index contributed by atoms with van der Waals surface area (Å²) in [6.45, 7) is 4.54. The van der Waals surface area contributed by atoms with Gasteiger partial charge in [0, 0.05) is 28.5 Å². The largest absolute Gasteiger partial charge is 0.550 e. The van der Waals surface area contributed by atoms with Crippen molar-refractivity contribution >= 4 is 16.9 Å². The minimum Gasteiger partial charge on any atom is -0.550 e. The fourth-order valence-electron chi connectivity index (χ4n) is 3.35. The highest BCUT2D eigenvalue weighted by molar-refractivity contribution is 5.88. The van der Waals surface area contributed by atoms with Crippen molar-refractivity contribution in [3.63, 3.8) is 0 Å². The third kappa shape index (κ3) is 2.23. The van der Waals surface area contributed by atoms with Crippen molar-refractivity contribution in [2.45, 2.75) is 39.2 Å². The van der Waals surface area contributed by atoms with E-state index in [9.17, 15) is 9.90 Å². The van der Waals surface area contributed by atoms with E-state index in [4.69, 9.17) is 4.74 Å². The third-order valence-corrected chi connectivity index (χ3v) is 4.48. The number of aromatic amines is 1. The molecule has 1 aromatic carbocycles. The Balaban J connectivity index is 2.15. The van der Waals surface area contributed by atoms with Crippen molar-refractivity contribution < 1.29 is 14.6 Å². The van der Waals surface area contributed by atoms with Gasteiger partial charge >= 0.3 is 0 Å². The zero-order valence-corrected chi connectivity index (χ0v) is 12.4. The van der Waals surface area contributed by atoms with Crippen LogP contribution >= 0.6 is 0 Å². The molecule has 0 saturated heterocycles. The van der Waals surface area contributed by atoms with Gasteiger partial charge in [0.15, 0.2) is 0 Å². The third-order valence-electron chi connectivity index (χ3n) is 4.48. The number of benzene rings is 1. The molecule has 3 rings (SSSR count). The average molecular weight is 286 g/mol. The van der Waals surface area contributed by atoms with Crippen LogP contribution in [0.15, 0.2) is 18.2 Å². The van der Waals surface area contributed by atoms with Gasteiger partial charge in [-0.2, -0.15) is 0 Å². The van der Waals surface area contributed by atoms with Crippen LogP contribution in [0.2, 0.25) is 0 Å². The summed E-state index contributed by atoms with van der Waals surface area (Å²) in [5.74, 6) is -1.65. The van der Waals surface area contributed by atoms with E-state index >= 15 is 0 Å². The van der Waals surface area contributed by atoms with Crippen LogP contribution in [-0.4, -0.2) is 17.6 Å². The molecule has 0 fully saturated rings. The maximum atomic E-state index is 11.4. The monoisotopic (exact) mass is 286 g/mol. The number of hydrogen-bond donors (Lipinski definition) is 1. The van der Waals surface area contributed by atoms with Crippen LogP contribution in [0, 0.1) is 5.92 Å². The predicted octanol–water partition coefficient (Wildman–Crippen LogP) is 2.12. The van der Waals surface area contributed by atoms with Crippen molar-refractivity contribution in [3.8, 4) is 0 Å². The summed E-state index contributed by atoms with van der Waals surface area (Å²) in [6.07, 6.45) is 1.84. The molecule has 2 heterocycles. The van der Waals surface area contributed by atoms with Crippen LogP contribution in [0.1, 0.15) is 43.2 Å². The molecule has 2 atom stereocenters. The number of carboxylic acids is 1. The minimum atomic E-state index is -1.04. The zero-order valence-electron chi connectivity index (χ0n) is 12.4. The molecule has 0 bridgehead atoms. The van der Waals surface area contributed by atoms with Gasteiger partial charge in [0.1, 0.15) is 6.10 Å². The van der Waals surface area contributed by atoms with Gasteiger partial charge < -0.3 is 19.6 Å². The molecule has 4 heteroatoms. The van der Waals surface area contributed by atoms with Crippen LogP contribution in [0.3, 0.4) is 0 Å². The van der Waals surface area contributed by atoms with E-state index in [-0.39, 0.29) is 0 Å². The summed E-state index contributed by atoms with van der Waals surface area (Å²) in [6, 6.07) is 6.28. The van der Waals surface area contributed by atoms with Crippen molar-refractivity contribution in [2.75, 3.05) is 6.61 Å². The quantitative estimate of drug-likeness (QED) is 0.936. The standard InChI is InChI=1S/C17H21NO3/c1-3-10-6-5-7-12-13-8-9-21-16(11(4-2)17(19)20)15(13)18-14(10)12/h5-7,11,16,18H,3-4,8-9H2,1-2H3,(H,19,20)/p-1. The fraction of sp³-hybridized carbons (Fsp3) is 0.471. The summed E-state index contributed by atoms with van der Waals surface area (Å²) < 4.78 is 5.77. The van der Waals surface area contributed by atoms with Gasteiger partial charge in [-0.3, -0.25) is 0 Å². The Morgan fingerprint density at radius 1 is 1.48 bits per heavy atom. The number of carbonyl (C=O) groups excluding carboxylic acids is 1. The Kier molecular flexibility index (Phi) is 3.72. The number of para-hydroxylation sites is 1. The molecule has 112 valence electrons. The molecule has 0 aliphatic carbocycles. The lowest BCUT2D eigenvalue weighted by Crippen LogP contribution is -2.37. The van der Waals surface area contributed by atoms with Gasteiger partial charge in [0.2, 0.25) is 0 Å². The normalized spacial score (nSPS) is 19.4. The molecule has 0 spiro atoms. The highest BCUT2D eigenvalue weighted by Gasteiger charge is 2.31. The Bertz CT molecular complexity index is 674. The first kappa shape index (κ1) is 14.1. The molecule has 2 aromatic rings. The highest BCUT2D eigenvalue weighted by atomic mass is 16.5. The summed E-state index contributed by atoms with van der Waals surface area (Å²) >= 11 is 0. The lowest BCUT2D eigenvalue weighted by molar-refractivity contribution is -0.315. The van der Waals surface area contributed by atoms with Crippen LogP contribution in [0.4, 0.5) is 0 Å². The van der Waals surface area contributed by atoms with E-state index in [0.717, 1.165) is 24.1 Å². The van der Waals surface area contributed by atoms with E-state index in [2.05, 4.69) is 30.1 Å². The van der Waals surface area contributed by atoms with Crippen molar-refractivity contribution in [1.82, 2.24) is 4.98 Å². The van der Waals surface area contributed by atoms with Gasteiger partial charge in [0.25, 0.3) is 0 Å². The van der Waals surface area contributed by atoms with Gasteiger partial charge in [-0.15, -0.1) is 0 Å². The number of aliphatic carboxylic acids is 1. The number of aromatic nitrogens is 1. The lowest BCUT2D eigenvalue weighted by atomic mass is 9.91. The zero-order chi connectivity index (χ0) is 15.0. The van der Waals surface area contributed by atoms with Crippen LogP contribution in [-0.2, 0) is 22.4 Å². The van der Waals surface area contributed by atoms with E-state index in [1.54, 1.807) is 0 Å². The SMILES string of the molecule is CCc1cccc2c3c([nH]c12)C(C(CC)C(=O)[O-])OCC3. The maximum Gasteiger partial charge on any atom is 0.106 e. The number of H-pyrrole nitrogens is 1. The molecule has 4 nitrogen and oxygen atoms in total. The smallest absolute Gasteiger partial charge is 0.106 e. The van der Waals surface area contributed by atoms with E-state index in [1.807, 2.05) is 6.92 Å². The number of carbonyl (C=O) groups is 1. The lowest BCUT2D eigenvalue weighted by Gasteiger charge is -2.30. The van der Waals surface area contributed by atoms with Gasteiger partial charge in [-0.05, 0) is 30.4 Å². The Morgan fingerprint density at radius 2 is 2.29 bits per heavy atom. The number of rotatable bonds is 4. The summed E-state index contributed by atoms with van der Waals surface area (Å²) in [5, 5.41) is 12.6. The maximum absolute atomic E-state index is 11.4. The molecule has 1 aliphatic rings. The summed E-state index contributed by atoms with van der Waals surface area (Å²) in [4.78, 5) is 14.8. The van der Waals surface area contributed by atoms with Gasteiger partial charge in [-0.1, -0.05) is 32.0 Å². The molecule has 0 radical (unpaired) electrons. The fourth-order valence-corrected chi connectivity index (χ4v) is 3.35. The number of hydrogen-bond acceptors (Lipinski definition) is 3. The number of fused-ring (bicyclic) bond motifs is 3.